The van der Waals surface area contributed by atoms with E-state index < -0.39 is 0 Å². The SMILES string of the molecule is Cc1cnc(CNC(=O)C[C@@H](c2ccccc2)c2ccccc2C)cn1. The van der Waals surface area contributed by atoms with Crippen LogP contribution < -0.4 is 5.32 Å². The summed E-state index contributed by atoms with van der Waals surface area (Å²) in [5, 5.41) is 2.97. The zero-order valence-corrected chi connectivity index (χ0v) is 15.1. The summed E-state index contributed by atoms with van der Waals surface area (Å²) in [4.78, 5) is 21.1. The summed E-state index contributed by atoms with van der Waals surface area (Å²) in [6.45, 7) is 4.37. The minimum Gasteiger partial charge on any atom is -0.350 e. The molecule has 0 unspecified atom stereocenters. The molecule has 0 spiro atoms. The summed E-state index contributed by atoms with van der Waals surface area (Å²) in [5.41, 5.74) is 5.15. The number of hydrogen-bond donors (Lipinski definition) is 1. The fraction of sp³-hybridized carbons (Fsp3) is 0.227. The highest BCUT2D eigenvalue weighted by Gasteiger charge is 2.19. The van der Waals surface area contributed by atoms with Gasteiger partial charge < -0.3 is 5.32 Å². The number of aromatic nitrogens is 2. The summed E-state index contributed by atoms with van der Waals surface area (Å²) < 4.78 is 0. The van der Waals surface area contributed by atoms with Crippen LogP contribution in [0.4, 0.5) is 0 Å². The van der Waals surface area contributed by atoms with Crippen LogP contribution in [0.25, 0.3) is 0 Å². The largest absolute Gasteiger partial charge is 0.350 e. The van der Waals surface area contributed by atoms with Gasteiger partial charge in [0.05, 0.1) is 24.1 Å². The lowest BCUT2D eigenvalue weighted by Crippen LogP contribution is -2.25. The Morgan fingerprint density at radius 1 is 0.962 bits per heavy atom. The Kier molecular flexibility index (Phi) is 5.74. The second-order valence-electron chi connectivity index (χ2n) is 6.45. The van der Waals surface area contributed by atoms with Crippen molar-refractivity contribution in [2.75, 3.05) is 0 Å². The van der Waals surface area contributed by atoms with Gasteiger partial charge in [-0.3, -0.25) is 14.8 Å². The van der Waals surface area contributed by atoms with E-state index in [1.54, 1.807) is 12.4 Å². The number of hydrogen-bond acceptors (Lipinski definition) is 3. The predicted octanol–water partition coefficient (Wildman–Crippen LogP) is 3.93. The van der Waals surface area contributed by atoms with E-state index in [-0.39, 0.29) is 11.8 Å². The topological polar surface area (TPSA) is 54.9 Å². The quantitative estimate of drug-likeness (QED) is 0.736. The molecule has 0 fully saturated rings. The molecule has 0 bridgehead atoms. The van der Waals surface area contributed by atoms with E-state index in [9.17, 15) is 4.79 Å². The Labute approximate surface area is 154 Å². The number of carbonyl (C=O) groups is 1. The molecule has 4 heteroatoms. The Morgan fingerprint density at radius 2 is 1.69 bits per heavy atom. The zero-order valence-electron chi connectivity index (χ0n) is 15.1. The first kappa shape index (κ1) is 17.8. The maximum absolute atomic E-state index is 12.6. The van der Waals surface area contributed by atoms with Gasteiger partial charge in [-0.05, 0) is 30.5 Å². The number of rotatable bonds is 6. The summed E-state index contributed by atoms with van der Waals surface area (Å²) in [7, 11) is 0. The normalized spacial score (nSPS) is 11.8. The molecule has 1 aromatic heterocycles. The molecule has 0 saturated carbocycles. The minimum atomic E-state index is 0.00415. The van der Waals surface area contributed by atoms with Crippen molar-refractivity contribution in [2.45, 2.75) is 32.7 Å². The predicted molar refractivity (Wildman–Crippen MR) is 103 cm³/mol. The third-order valence-corrected chi connectivity index (χ3v) is 4.46. The van der Waals surface area contributed by atoms with Crippen molar-refractivity contribution in [3.8, 4) is 0 Å². The number of nitrogens with zero attached hydrogens (tertiary/aromatic N) is 2. The molecule has 0 aliphatic heterocycles. The second-order valence-corrected chi connectivity index (χ2v) is 6.45. The Hall–Kier alpha value is -3.01. The van der Waals surface area contributed by atoms with Crippen LogP contribution in [0, 0.1) is 13.8 Å². The van der Waals surface area contributed by atoms with Gasteiger partial charge in [-0.2, -0.15) is 0 Å². The molecular weight excluding hydrogens is 322 g/mol. The molecule has 0 aliphatic rings. The molecule has 132 valence electrons. The Balaban J connectivity index is 1.74. The number of nitrogens with one attached hydrogen (secondary N) is 1. The van der Waals surface area contributed by atoms with Crippen LogP contribution in [-0.4, -0.2) is 15.9 Å². The lowest BCUT2D eigenvalue weighted by atomic mass is 9.86. The van der Waals surface area contributed by atoms with Crippen molar-refractivity contribution in [3.05, 3.63) is 95.1 Å². The smallest absolute Gasteiger partial charge is 0.221 e. The zero-order chi connectivity index (χ0) is 18.4. The highest BCUT2D eigenvalue weighted by molar-refractivity contribution is 5.77. The lowest BCUT2D eigenvalue weighted by Gasteiger charge is -2.20. The molecule has 1 amide bonds. The molecule has 26 heavy (non-hydrogen) atoms. The molecule has 4 nitrogen and oxygen atoms in total. The summed E-state index contributed by atoms with van der Waals surface area (Å²) in [6, 6.07) is 18.4. The van der Waals surface area contributed by atoms with Crippen LogP contribution in [-0.2, 0) is 11.3 Å². The van der Waals surface area contributed by atoms with Gasteiger partial charge in [-0.25, -0.2) is 0 Å². The van der Waals surface area contributed by atoms with E-state index in [4.69, 9.17) is 0 Å². The van der Waals surface area contributed by atoms with Crippen molar-refractivity contribution in [1.82, 2.24) is 15.3 Å². The van der Waals surface area contributed by atoms with Gasteiger partial charge in [-0.15, -0.1) is 0 Å². The van der Waals surface area contributed by atoms with Gasteiger partial charge in [-0.1, -0.05) is 54.6 Å². The van der Waals surface area contributed by atoms with Gasteiger partial charge >= 0.3 is 0 Å². The molecule has 1 N–H and O–H groups in total. The van der Waals surface area contributed by atoms with Crippen LogP contribution in [0.1, 0.15) is 40.4 Å². The van der Waals surface area contributed by atoms with Crippen LogP contribution in [0.2, 0.25) is 0 Å². The Bertz CT molecular complexity index is 860. The first-order chi connectivity index (χ1) is 12.6. The third kappa shape index (κ3) is 4.54. The summed E-state index contributed by atoms with van der Waals surface area (Å²) in [5.74, 6) is 0.0333. The highest BCUT2D eigenvalue weighted by Crippen LogP contribution is 2.30. The van der Waals surface area contributed by atoms with E-state index in [1.165, 1.54) is 11.1 Å². The molecule has 1 atom stereocenters. The molecule has 0 aliphatic carbocycles. The minimum absolute atomic E-state index is 0.00415. The molecule has 3 aromatic rings. The first-order valence-corrected chi connectivity index (χ1v) is 8.78. The van der Waals surface area contributed by atoms with Crippen LogP contribution >= 0.6 is 0 Å². The van der Waals surface area contributed by atoms with Gasteiger partial charge in [0.25, 0.3) is 0 Å². The molecule has 2 aromatic carbocycles. The molecule has 1 heterocycles. The molecular formula is C22H23N3O. The number of benzene rings is 2. The number of aryl methyl sites for hydroxylation is 2. The lowest BCUT2D eigenvalue weighted by molar-refractivity contribution is -0.121. The molecule has 0 saturated heterocycles. The van der Waals surface area contributed by atoms with Gasteiger partial charge in [0.15, 0.2) is 0 Å². The van der Waals surface area contributed by atoms with Crippen LogP contribution in [0.5, 0.6) is 0 Å². The Morgan fingerprint density at radius 3 is 2.38 bits per heavy atom. The van der Waals surface area contributed by atoms with E-state index in [0.29, 0.717) is 13.0 Å². The van der Waals surface area contributed by atoms with E-state index in [0.717, 1.165) is 17.0 Å². The van der Waals surface area contributed by atoms with Gasteiger partial charge in [0, 0.05) is 18.5 Å². The van der Waals surface area contributed by atoms with E-state index in [1.807, 2.05) is 37.3 Å². The summed E-state index contributed by atoms with van der Waals surface area (Å²) in [6.07, 6.45) is 3.81. The maximum atomic E-state index is 12.6. The molecule has 3 rings (SSSR count). The monoisotopic (exact) mass is 345 g/mol. The summed E-state index contributed by atoms with van der Waals surface area (Å²) >= 11 is 0. The number of amides is 1. The fourth-order valence-electron chi connectivity index (χ4n) is 3.03. The van der Waals surface area contributed by atoms with Gasteiger partial charge in [0.2, 0.25) is 5.91 Å². The van der Waals surface area contributed by atoms with Crippen molar-refractivity contribution in [3.63, 3.8) is 0 Å². The van der Waals surface area contributed by atoms with Crippen LogP contribution in [0.15, 0.2) is 67.0 Å². The first-order valence-electron chi connectivity index (χ1n) is 8.78. The third-order valence-electron chi connectivity index (χ3n) is 4.46. The standard InChI is InChI=1S/C22H23N3O/c1-16-8-6-7-11-20(16)21(18-9-4-3-5-10-18)12-22(26)25-15-19-14-23-17(2)13-24-19/h3-11,13-14,21H,12,15H2,1-2H3,(H,25,26)/t21-/m0/s1. The highest BCUT2D eigenvalue weighted by atomic mass is 16.1. The maximum Gasteiger partial charge on any atom is 0.221 e. The van der Waals surface area contributed by atoms with Gasteiger partial charge in [0.1, 0.15) is 0 Å². The van der Waals surface area contributed by atoms with Crippen molar-refractivity contribution in [2.24, 2.45) is 0 Å². The van der Waals surface area contributed by atoms with E-state index >= 15 is 0 Å². The average Bonchev–Trinajstić information content (AvgIpc) is 2.67. The average molecular weight is 345 g/mol. The van der Waals surface area contributed by atoms with Crippen molar-refractivity contribution in [1.29, 1.82) is 0 Å². The van der Waals surface area contributed by atoms with E-state index in [2.05, 4.69) is 46.5 Å². The second kappa shape index (κ2) is 8.39. The van der Waals surface area contributed by atoms with Crippen LogP contribution in [0.3, 0.4) is 0 Å². The van der Waals surface area contributed by atoms with Crippen molar-refractivity contribution < 1.29 is 4.79 Å². The van der Waals surface area contributed by atoms with Crippen molar-refractivity contribution >= 4 is 5.91 Å². The molecule has 0 radical (unpaired) electrons. The fourth-order valence-corrected chi connectivity index (χ4v) is 3.03. The number of carbonyl (C=O) groups excluding carboxylic acids is 1.